The lowest BCUT2D eigenvalue weighted by Crippen LogP contribution is -2.54. The van der Waals surface area contributed by atoms with E-state index in [1.54, 1.807) is 0 Å². The molecule has 0 saturated heterocycles. The van der Waals surface area contributed by atoms with Crippen molar-refractivity contribution in [3.8, 4) is 0 Å². The molecule has 0 aromatic rings. The Hall–Kier alpha value is -1.32. The molecule has 122 valence electrons. The van der Waals surface area contributed by atoms with Gasteiger partial charge in [-0.25, -0.2) is 4.79 Å². The summed E-state index contributed by atoms with van der Waals surface area (Å²) < 4.78 is 0. The number of hydrogen-bond donors (Lipinski definition) is 6. The lowest BCUT2D eigenvalue weighted by atomic mass is 10.1. The highest BCUT2D eigenvalue weighted by Crippen LogP contribution is 2.02. The maximum Gasteiger partial charge on any atom is 0.327 e. The van der Waals surface area contributed by atoms with Crippen molar-refractivity contribution in [1.82, 2.24) is 10.6 Å². The molecule has 0 aromatic heterocycles. The highest BCUT2D eigenvalue weighted by Gasteiger charge is 2.26. The Balaban J connectivity index is 4.71. The van der Waals surface area contributed by atoms with E-state index in [2.05, 4.69) is 23.3 Å². The molecule has 0 rings (SSSR count). The molecule has 0 aromatic carbocycles. The number of rotatable bonds is 10. The third-order valence-corrected chi connectivity index (χ3v) is 3.16. The fraction of sp³-hybridized carbons (Fsp3) is 0.750. The number of nitrogens with one attached hydrogen (secondary N) is 2. The number of thiol groups is 1. The van der Waals surface area contributed by atoms with Crippen molar-refractivity contribution in [1.29, 1.82) is 0 Å². The summed E-state index contributed by atoms with van der Waals surface area (Å²) in [5.74, 6) is -2.27. The summed E-state index contributed by atoms with van der Waals surface area (Å²) in [6.45, 7) is 1.97. The molecule has 8 nitrogen and oxygen atoms in total. The van der Waals surface area contributed by atoms with E-state index < -0.39 is 35.9 Å². The summed E-state index contributed by atoms with van der Waals surface area (Å²) in [6, 6.07) is -2.70. The van der Waals surface area contributed by atoms with Crippen LogP contribution in [0.4, 0.5) is 0 Å². The molecule has 0 radical (unpaired) electrons. The summed E-state index contributed by atoms with van der Waals surface area (Å²) in [5, 5.41) is 13.7. The zero-order valence-electron chi connectivity index (χ0n) is 12.0. The molecule has 0 heterocycles. The van der Waals surface area contributed by atoms with E-state index in [1.165, 1.54) is 6.92 Å². The fourth-order valence-electron chi connectivity index (χ4n) is 1.52. The predicted molar refractivity (Wildman–Crippen MR) is 81.9 cm³/mol. The number of carbonyl (C=O) groups excluding carboxylic acids is 2. The Kier molecular flexibility index (Phi) is 9.76. The molecule has 9 heteroatoms. The molecule has 2 amide bonds. The van der Waals surface area contributed by atoms with Crippen LogP contribution in [-0.2, 0) is 14.4 Å². The number of carbonyl (C=O) groups is 3. The summed E-state index contributed by atoms with van der Waals surface area (Å²) in [7, 11) is 0. The van der Waals surface area contributed by atoms with Gasteiger partial charge in [-0.1, -0.05) is 0 Å². The number of carboxylic acids is 1. The first-order chi connectivity index (χ1) is 9.83. The second-order valence-electron chi connectivity index (χ2n) is 4.72. The van der Waals surface area contributed by atoms with Gasteiger partial charge in [0, 0.05) is 5.75 Å². The maximum atomic E-state index is 12.1. The van der Waals surface area contributed by atoms with Crippen LogP contribution in [0.25, 0.3) is 0 Å². The van der Waals surface area contributed by atoms with Crippen LogP contribution >= 0.6 is 12.6 Å². The first-order valence-corrected chi connectivity index (χ1v) is 7.36. The Bertz CT molecular complexity index is 365. The van der Waals surface area contributed by atoms with Crippen molar-refractivity contribution in [2.24, 2.45) is 11.5 Å². The summed E-state index contributed by atoms with van der Waals surface area (Å²) in [6.07, 6.45) is 1.69. The summed E-state index contributed by atoms with van der Waals surface area (Å²) >= 11 is 3.87. The Morgan fingerprint density at radius 2 is 1.71 bits per heavy atom. The summed E-state index contributed by atoms with van der Waals surface area (Å²) in [4.78, 5) is 34.6. The van der Waals surface area contributed by atoms with E-state index in [-0.39, 0.29) is 5.75 Å². The van der Waals surface area contributed by atoms with Crippen LogP contribution in [0.1, 0.15) is 26.2 Å². The molecule has 0 unspecified atom stereocenters. The van der Waals surface area contributed by atoms with Gasteiger partial charge in [-0.2, -0.15) is 12.6 Å². The monoisotopic (exact) mass is 320 g/mol. The van der Waals surface area contributed by atoms with E-state index in [4.69, 9.17) is 16.6 Å². The van der Waals surface area contributed by atoms with Gasteiger partial charge >= 0.3 is 5.97 Å². The lowest BCUT2D eigenvalue weighted by molar-refractivity contribution is -0.141. The molecular weight excluding hydrogens is 296 g/mol. The molecular formula is C12H24N4O4S. The number of carboxylic acid groups (broad SMARTS) is 1. The second kappa shape index (κ2) is 10.4. The number of hydrogen-bond acceptors (Lipinski definition) is 6. The average molecular weight is 320 g/mol. The van der Waals surface area contributed by atoms with Gasteiger partial charge in [-0.3, -0.25) is 9.59 Å². The van der Waals surface area contributed by atoms with Crippen molar-refractivity contribution in [3.05, 3.63) is 0 Å². The second-order valence-corrected chi connectivity index (χ2v) is 5.08. The predicted octanol–water partition coefficient (Wildman–Crippen LogP) is -1.55. The SMILES string of the molecule is C[C@H](N)C(=O)N[C@@H](CCCCN)C(=O)N[C@@H](CS)C(=O)O. The van der Waals surface area contributed by atoms with Gasteiger partial charge in [0.1, 0.15) is 12.1 Å². The van der Waals surface area contributed by atoms with Gasteiger partial charge in [0.15, 0.2) is 0 Å². The quantitative estimate of drug-likeness (QED) is 0.212. The maximum absolute atomic E-state index is 12.1. The van der Waals surface area contributed by atoms with Crippen LogP contribution in [0.5, 0.6) is 0 Å². The van der Waals surface area contributed by atoms with Gasteiger partial charge in [-0.05, 0) is 32.7 Å². The molecule has 0 bridgehead atoms. The molecule has 0 aliphatic rings. The molecule has 3 atom stereocenters. The molecule has 0 spiro atoms. The molecule has 21 heavy (non-hydrogen) atoms. The van der Waals surface area contributed by atoms with Crippen molar-refractivity contribution < 1.29 is 19.5 Å². The molecule has 0 aliphatic carbocycles. The van der Waals surface area contributed by atoms with E-state index in [9.17, 15) is 14.4 Å². The van der Waals surface area contributed by atoms with Crippen LogP contribution in [0.2, 0.25) is 0 Å². The minimum absolute atomic E-state index is 0.0438. The largest absolute Gasteiger partial charge is 0.480 e. The smallest absolute Gasteiger partial charge is 0.327 e. The number of unbranched alkanes of at least 4 members (excludes halogenated alkanes) is 1. The van der Waals surface area contributed by atoms with Gasteiger partial charge in [0.05, 0.1) is 6.04 Å². The number of nitrogens with two attached hydrogens (primary N) is 2. The van der Waals surface area contributed by atoms with Crippen molar-refractivity contribution in [2.45, 2.75) is 44.3 Å². The van der Waals surface area contributed by atoms with Gasteiger partial charge < -0.3 is 27.2 Å². The normalized spacial score (nSPS) is 14.9. The van der Waals surface area contributed by atoms with Crippen LogP contribution in [0.3, 0.4) is 0 Å². The van der Waals surface area contributed by atoms with Crippen molar-refractivity contribution in [2.75, 3.05) is 12.3 Å². The van der Waals surface area contributed by atoms with Gasteiger partial charge in [-0.15, -0.1) is 0 Å². The Labute approximate surface area is 129 Å². The van der Waals surface area contributed by atoms with E-state index >= 15 is 0 Å². The topological polar surface area (TPSA) is 148 Å². The zero-order chi connectivity index (χ0) is 16.4. The van der Waals surface area contributed by atoms with E-state index in [0.717, 1.165) is 0 Å². The minimum Gasteiger partial charge on any atom is -0.480 e. The van der Waals surface area contributed by atoms with Gasteiger partial charge in [0.25, 0.3) is 0 Å². The third-order valence-electron chi connectivity index (χ3n) is 2.79. The van der Waals surface area contributed by atoms with Crippen LogP contribution in [-0.4, -0.2) is 53.3 Å². The van der Waals surface area contributed by atoms with E-state index in [0.29, 0.717) is 25.8 Å². The van der Waals surface area contributed by atoms with Crippen molar-refractivity contribution in [3.63, 3.8) is 0 Å². The number of amides is 2. The van der Waals surface area contributed by atoms with Crippen LogP contribution in [0.15, 0.2) is 0 Å². The standard InChI is InChI=1S/C12H24N4O4S/c1-7(14)10(17)15-8(4-2-3-5-13)11(18)16-9(6-21)12(19)20/h7-9,21H,2-6,13-14H2,1H3,(H,15,17)(H,16,18)(H,19,20)/t7-,8-,9-/m0/s1. The molecule has 0 saturated carbocycles. The first-order valence-electron chi connectivity index (χ1n) is 6.73. The summed E-state index contributed by atoms with van der Waals surface area (Å²) in [5.41, 5.74) is 10.8. The van der Waals surface area contributed by atoms with E-state index in [1.807, 2.05) is 0 Å². The fourth-order valence-corrected chi connectivity index (χ4v) is 1.77. The van der Waals surface area contributed by atoms with Crippen molar-refractivity contribution >= 4 is 30.4 Å². The lowest BCUT2D eigenvalue weighted by Gasteiger charge is -2.21. The molecule has 7 N–H and O–H groups in total. The Morgan fingerprint density at radius 1 is 1.14 bits per heavy atom. The first kappa shape index (κ1) is 19.7. The third kappa shape index (κ3) is 7.88. The van der Waals surface area contributed by atoms with Crippen LogP contribution < -0.4 is 22.1 Å². The zero-order valence-corrected chi connectivity index (χ0v) is 12.9. The molecule has 0 fully saturated rings. The minimum atomic E-state index is -1.18. The molecule has 0 aliphatic heterocycles. The average Bonchev–Trinajstić information content (AvgIpc) is 2.42. The van der Waals surface area contributed by atoms with Crippen LogP contribution in [0, 0.1) is 0 Å². The van der Waals surface area contributed by atoms with Gasteiger partial charge in [0.2, 0.25) is 11.8 Å². The highest BCUT2D eigenvalue weighted by molar-refractivity contribution is 7.80. The Morgan fingerprint density at radius 3 is 2.14 bits per heavy atom. The number of aliphatic carboxylic acids is 1. The highest BCUT2D eigenvalue weighted by atomic mass is 32.1.